The average molecular weight is 326 g/mol. The number of H-pyrrole nitrogens is 1. The summed E-state index contributed by atoms with van der Waals surface area (Å²) in [6.45, 7) is 0.505. The zero-order chi connectivity index (χ0) is 12.5. The van der Waals surface area contributed by atoms with Gasteiger partial charge in [0.15, 0.2) is 11.5 Å². The van der Waals surface area contributed by atoms with Crippen molar-refractivity contribution in [3.8, 4) is 0 Å². The minimum Gasteiger partial charge on any atom is -0.361 e. The predicted molar refractivity (Wildman–Crippen MR) is 73.0 cm³/mol. The van der Waals surface area contributed by atoms with E-state index in [1.807, 2.05) is 16.8 Å². The number of aromatic amines is 1. The summed E-state index contributed by atoms with van der Waals surface area (Å²) in [5.41, 5.74) is 1.58. The molecule has 3 heterocycles. The molecule has 0 radical (unpaired) electrons. The van der Waals surface area contributed by atoms with E-state index >= 15 is 0 Å². The lowest BCUT2D eigenvalue weighted by Gasteiger charge is -2.06. The number of fused-ring (bicyclic) bond motifs is 1. The number of rotatable bonds is 3. The second-order valence-corrected chi connectivity index (χ2v) is 5.25. The molecule has 8 heteroatoms. The molecular weight excluding hydrogens is 318 g/mol. The maximum atomic E-state index is 11.0. The fourth-order valence-corrected chi connectivity index (χ4v) is 2.58. The summed E-state index contributed by atoms with van der Waals surface area (Å²) < 4.78 is 2.59. The van der Waals surface area contributed by atoms with Gasteiger partial charge < -0.3 is 14.7 Å². The first kappa shape index (κ1) is 11.4. The number of thiazole rings is 1. The first-order chi connectivity index (χ1) is 8.72. The van der Waals surface area contributed by atoms with Crippen molar-refractivity contribution >= 4 is 38.7 Å². The lowest BCUT2D eigenvalue weighted by atomic mass is 10.4. The van der Waals surface area contributed by atoms with Crippen molar-refractivity contribution in [3.05, 3.63) is 43.9 Å². The monoisotopic (exact) mass is 325 g/mol. The Balaban J connectivity index is 1.90. The largest absolute Gasteiger partial charge is 0.361 e. The third kappa shape index (κ3) is 2.16. The quantitative estimate of drug-likeness (QED) is 0.770. The van der Waals surface area contributed by atoms with Crippen molar-refractivity contribution in [2.75, 3.05) is 5.32 Å². The highest BCUT2D eigenvalue weighted by Gasteiger charge is 2.06. The zero-order valence-electron chi connectivity index (χ0n) is 9.05. The first-order valence-corrected chi connectivity index (χ1v) is 6.79. The van der Waals surface area contributed by atoms with Gasteiger partial charge in [-0.25, -0.2) is 9.97 Å². The minimum atomic E-state index is -0.0556. The van der Waals surface area contributed by atoms with Crippen LogP contribution in [0.2, 0.25) is 0 Å². The Hall–Kier alpha value is -1.67. The molecule has 0 aliphatic rings. The van der Waals surface area contributed by atoms with E-state index in [1.165, 1.54) is 0 Å². The molecule has 6 nitrogen and oxygen atoms in total. The maximum absolute atomic E-state index is 11.0. The zero-order valence-corrected chi connectivity index (χ0v) is 11.5. The molecule has 0 saturated heterocycles. The molecule has 3 rings (SSSR count). The van der Waals surface area contributed by atoms with Gasteiger partial charge in [-0.3, -0.25) is 4.79 Å². The molecule has 0 fully saturated rings. The van der Waals surface area contributed by atoms with Crippen LogP contribution in [-0.2, 0) is 6.54 Å². The van der Waals surface area contributed by atoms with E-state index < -0.39 is 0 Å². The van der Waals surface area contributed by atoms with E-state index in [0.29, 0.717) is 17.0 Å². The topological polar surface area (TPSA) is 75.1 Å². The van der Waals surface area contributed by atoms with E-state index in [9.17, 15) is 4.79 Å². The van der Waals surface area contributed by atoms with Gasteiger partial charge >= 0.3 is 4.87 Å². The Bertz CT molecular complexity index is 746. The number of anilines is 1. The molecule has 0 saturated carbocycles. The summed E-state index contributed by atoms with van der Waals surface area (Å²) in [6.07, 6.45) is 5.39. The van der Waals surface area contributed by atoms with Gasteiger partial charge in [-0.1, -0.05) is 11.3 Å². The second-order valence-electron chi connectivity index (χ2n) is 3.60. The van der Waals surface area contributed by atoms with Crippen LogP contribution in [0.5, 0.6) is 0 Å². The third-order valence-electron chi connectivity index (χ3n) is 2.36. The summed E-state index contributed by atoms with van der Waals surface area (Å²) in [5, 5.41) is 4.94. The van der Waals surface area contributed by atoms with Crippen molar-refractivity contribution in [2.24, 2.45) is 0 Å². The van der Waals surface area contributed by atoms with Crippen molar-refractivity contribution in [2.45, 2.75) is 6.54 Å². The van der Waals surface area contributed by atoms with Crippen molar-refractivity contribution in [1.29, 1.82) is 0 Å². The summed E-state index contributed by atoms with van der Waals surface area (Å²) in [6, 6.07) is 0. The van der Waals surface area contributed by atoms with E-state index in [1.54, 1.807) is 11.6 Å². The summed E-state index contributed by atoms with van der Waals surface area (Å²) >= 11 is 4.49. The van der Waals surface area contributed by atoms with Gasteiger partial charge in [-0.05, 0) is 15.9 Å². The van der Waals surface area contributed by atoms with Crippen LogP contribution in [-0.4, -0.2) is 19.4 Å². The maximum Gasteiger partial charge on any atom is 0.304 e. The van der Waals surface area contributed by atoms with Gasteiger partial charge in [0.2, 0.25) is 0 Å². The molecule has 0 spiro atoms. The standard InChI is InChI=1S/C10H8BrN5OS/c11-7-4-16-2-1-12-9(16)8(15-7)13-3-6-5-18-10(17)14-6/h1-2,4-5H,3H2,(H,13,15)(H,14,17). The molecule has 3 aromatic heterocycles. The van der Waals surface area contributed by atoms with Crippen molar-refractivity contribution in [1.82, 2.24) is 19.4 Å². The molecule has 0 aromatic carbocycles. The highest BCUT2D eigenvalue weighted by atomic mass is 79.9. The molecule has 92 valence electrons. The molecule has 0 unspecified atom stereocenters. The van der Waals surface area contributed by atoms with E-state index in [-0.39, 0.29) is 4.87 Å². The molecule has 0 bridgehead atoms. The van der Waals surface area contributed by atoms with Gasteiger partial charge in [-0.2, -0.15) is 0 Å². The van der Waals surface area contributed by atoms with Crippen LogP contribution in [0.15, 0.2) is 33.4 Å². The Kier molecular flexibility index (Phi) is 2.88. The molecule has 0 amide bonds. The lowest BCUT2D eigenvalue weighted by molar-refractivity contribution is 1.02. The third-order valence-corrected chi connectivity index (χ3v) is 3.46. The Morgan fingerprint density at radius 3 is 3.22 bits per heavy atom. The molecule has 18 heavy (non-hydrogen) atoms. The number of hydrogen-bond donors (Lipinski definition) is 2. The lowest BCUT2D eigenvalue weighted by Crippen LogP contribution is -2.06. The minimum absolute atomic E-state index is 0.0556. The molecule has 3 aromatic rings. The molecule has 0 atom stereocenters. The van der Waals surface area contributed by atoms with Gasteiger partial charge in [0.05, 0.1) is 6.54 Å². The number of nitrogens with one attached hydrogen (secondary N) is 2. The van der Waals surface area contributed by atoms with Crippen molar-refractivity contribution in [3.63, 3.8) is 0 Å². The number of aromatic nitrogens is 4. The molecule has 0 aliphatic carbocycles. The molecule has 2 N–H and O–H groups in total. The van der Waals surface area contributed by atoms with Crippen LogP contribution in [0, 0.1) is 0 Å². The SMILES string of the molecule is O=c1[nH]c(CNc2nc(Br)cn3ccnc23)cs1. The van der Waals surface area contributed by atoms with Crippen LogP contribution >= 0.6 is 27.3 Å². The highest BCUT2D eigenvalue weighted by Crippen LogP contribution is 2.17. The van der Waals surface area contributed by atoms with Gasteiger partial charge in [0, 0.05) is 29.7 Å². The summed E-state index contributed by atoms with van der Waals surface area (Å²) in [7, 11) is 0. The highest BCUT2D eigenvalue weighted by molar-refractivity contribution is 9.10. The van der Waals surface area contributed by atoms with Gasteiger partial charge in [0.25, 0.3) is 0 Å². The van der Waals surface area contributed by atoms with E-state index in [2.05, 4.69) is 36.2 Å². The fourth-order valence-electron chi connectivity index (χ4n) is 1.60. The molecule has 0 aliphatic heterocycles. The Morgan fingerprint density at radius 1 is 1.56 bits per heavy atom. The Labute approximate surface area is 114 Å². The first-order valence-electron chi connectivity index (χ1n) is 5.12. The van der Waals surface area contributed by atoms with E-state index in [0.717, 1.165) is 22.7 Å². The van der Waals surface area contributed by atoms with Crippen LogP contribution < -0.4 is 10.2 Å². The second kappa shape index (κ2) is 4.54. The molecular formula is C10H8BrN5OS. The smallest absolute Gasteiger partial charge is 0.304 e. The number of hydrogen-bond acceptors (Lipinski definition) is 5. The van der Waals surface area contributed by atoms with Crippen LogP contribution in [0.1, 0.15) is 5.69 Å². The predicted octanol–water partition coefficient (Wildman–Crippen LogP) is 1.85. The Morgan fingerprint density at radius 2 is 2.44 bits per heavy atom. The normalized spacial score (nSPS) is 10.9. The summed E-state index contributed by atoms with van der Waals surface area (Å²) in [4.78, 5) is 22.3. The number of imidazole rings is 1. The van der Waals surface area contributed by atoms with Gasteiger partial charge in [0.1, 0.15) is 4.60 Å². The fraction of sp³-hybridized carbons (Fsp3) is 0.100. The number of halogens is 1. The van der Waals surface area contributed by atoms with Crippen LogP contribution in [0.25, 0.3) is 5.65 Å². The van der Waals surface area contributed by atoms with Gasteiger partial charge in [-0.15, -0.1) is 0 Å². The van der Waals surface area contributed by atoms with Crippen molar-refractivity contribution < 1.29 is 0 Å². The van der Waals surface area contributed by atoms with E-state index in [4.69, 9.17) is 0 Å². The van der Waals surface area contributed by atoms with Crippen LogP contribution in [0.4, 0.5) is 5.82 Å². The average Bonchev–Trinajstić information content (AvgIpc) is 2.94. The number of nitrogens with zero attached hydrogens (tertiary/aromatic N) is 3. The van der Waals surface area contributed by atoms with Crippen LogP contribution in [0.3, 0.4) is 0 Å². The summed E-state index contributed by atoms with van der Waals surface area (Å²) in [5.74, 6) is 0.668.